The molecule has 3 nitrogen and oxygen atoms in total. The molecular weight excluding hydrogens is 236 g/mol. The SMILES string of the molecule is CC(C)CN1CCN(C(C)c2ccc(O)cc2)CC1. The number of hydrogen-bond donors (Lipinski definition) is 1. The molecule has 1 heterocycles. The smallest absolute Gasteiger partial charge is 0.115 e. The van der Waals surface area contributed by atoms with Gasteiger partial charge in [0.15, 0.2) is 0 Å². The fourth-order valence-electron chi connectivity index (χ4n) is 2.81. The van der Waals surface area contributed by atoms with Crippen LogP contribution >= 0.6 is 0 Å². The van der Waals surface area contributed by atoms with E-state index in [1.54, 1.807) is 12.1 Å². The lowest BCUT2D eigenvalue weighted by atomic mass is 10.1. The number of benzene rings is 1. The molecule has 19 heavy (non-hydrogen) atoms. The lowest BCUT2D eigenvalue weighted by Gasteiger charge is -2.38. The summed E-state index contributed by atoms with van der Waals surface area (Å²) in [5.74, 6) is 1.10. The molecule has 1 aromatic rings. The number of piperazine rings is 1. The lowest BCUT2D eigenvalue weighted by Crippen LogP contribution is -2.48. The van der Waals surface area contributed by atoms with Crippen molar-refractivity contribution >= 4 is 0 Å². The van der Waals surface area contributed by atoms with Crippen LogP contribution < -0.4 is 0 Å². The van der Waals surface area contributed by atoms with Crippen molar-refractivity contribution in [1.29, 1.82) is 0 Å². The predicted octanol–water partition coefficient (Wildman–Crippen LogP) is 2.73. The molecule has 2 rings (SSSR count). The van der Waals surface area contributed by atoms with Crippen molar-refractivity contribution in [3.05, 3.63) is 29.8 Å². The molecule has 1 aromatic carbocycles. The van der Waals surface area contributed by atoms with Gasteiger partial charge in [-0.3, -0.25) is 4.90 Å². The highest BCUT2D eigenvalue weighted by Gasteiger charge is 2.22. The van der Waals surface area contributed by atoms with Crippen LogP contribution in [0.1, 0.15) is 32.4 Å². The van der Waals surface area contributed by atoms with Crippen LogP contribution in [0.5, 0.6) is 5.75 Å². The Bertz CT molecular complexity index is 380. The molecule has 1 aliphatic heterocycles. The molecule has 1 N–H and O–H groups in total. The second-order valence-corrected chi connectivity index (χ2v) is 6.00. The molecule has 1 fully saturated rings. The van der Waals surface area contributed by atoms with Crippen LogP contribution in [0, 0.1) is 5.92 Å². The Morgan fingerprint density at radius 1 is 1.00 bits per heavy atom. The third-order valence-corrected chi connectivity index (χ3v) is 3.95. The fraction of sp³-hybridized carbons (Fsp3) is 0.625. The van der Waals surface area contributed by atoms with Gasteiger partial charge in [-0.2, -0.15) is 0 Å². The maximum Gasteiger partial charge on any atom is 0.115 e. The van der Waals surface area contributed by atoms with Gasteiger partial charge in [-0.25, -0.2) is 0 Å². The molecular formula is C16H26N2O. The molecule has 0 bridgehead atoms. The minimum absolute atomic E-state index is 0.345. The van der Waals surface area contributed by atoms with Crippen LogP contribution in [0.15, 0.2) is 24.3 Å². The lowest BCUT2D eigenvalue weighted by molar-refractivity contribution is 0.0947. The van der Waals surface area contributed by atoms with Gasteiger partial charge in [0.1, 0.15) is 5.75 Å². The van der Waals surface area contributed by atoms with Gasteiger partial charge in [0.2, 0.25) is 0 Å². The molecule has 0 spiro atoms. The molecule has 3 heteroatoms. The van der Waals surface area contributed by atoms with Gasteiger partial charge < -0.3 is 10.0 Å². The van der Waals surface area contributed by atoms with Crippen molar-refractivity contribution in [2.75, 3.05) is 32.7 Å². The maximum atomic E-state index is 9.35. The first-order chi connectivity index (χ1) is 9.06. The average molecular weight is 262 g/mol. The van der Waals surface area contributed by atoms with Gasteiger partial charge in [-0.05, 0) is 30.5 Å². The minimum atomic E-state index is 0.345. The van der Waals surface area contributed by atoms with E-state index in [1.165, 1.54) is 25.2 Å². The third kappa shape index (κ3) is 3.95. The molecule has 0 saturated carbocycles. The quantitative estimate of drug-likeness (QED) is 0.904. The van der Waals surface area contributed by atoms with Crippen molar-refractivity contribution in [2.24, 2.45) is 5.92 Å². The van der Waals surface area contributed by atoms with E-state index in [0.717, 1.165) is 19.0 Å². The van der Waals surface area contributed by atoms with E-state index in [9.17, 15) is 5.11 Å². The van der Waals surface area contributed by atoms with E-state index in [1.807, 2.05) is 12.1 Å². The molecule has 0 aromatic heterocycles. The molecule has 0 radical (unpaired) electrons. The Morgan fingerprint density at radius 2 is 1.58 bits per heavy atom. The van der Waals surface area contributed by atoms with Crippen LogP contribution in [0.3, 0.4) is 0 Å². The van der Waals surface area contributed by atoms with Crippen molar-refractivity contribution in [1.82, 2.24) is 9.80 Å². The number of phenols is 1. The summed E-state index contributed by atoms with van der Waals surface area (Å²) in [4.78, 5) is 5.09. The Balaban J connectivity index is 1.88. The zero-order chi connectivity index (χ0) is 13.8. The molecule has 1 saturated heterocycles. The van der Waals surface area contributed by atoms with Crippen LogP contribution in [0.4, 0.5) is 0 Å². The number of rotatable bonds is 4. The fourth-order valence-corrected chi connectivity index (χ4v) is 2.81. The summed E-state index contributed by atoms with van der Waals surface area (Å²) in [5.41, 5.74) is 1.29. The second kappa shape index (κ2) is 6.40. The van der Waals surface area contributed by atoms with Crippen molar-refractivity contribution in [3.8, 4) is 5.75 Å². The molecule has 0 aliphatic carbocycles. The van der Waals surface area contributed by atoms with Gasteiger partial charge in [0.05, 0.1) is 0 Å². The second-order valence-electron chi connectivity index (χ2n) is 6.00. The average Bonchev–Trinajstić information content (AvgIpc) is 2.39. The molecule has 0 amide bonds. The van der Waals surface area contributed by atoms with E-state index >= 15 is 0 Å². The summed E-state index contributed by atoms with van der Waals surface area (Å²) in [6, 6.07) is 8.05. The van der Waals surface area contributed by atoms with Crippen molar-refractivity contribution in [2.45, 2.75) is 26.8 Å². The Kier molecular flexibility index (Phi) is 4.83. The van der Waals surface area contributed by atoms with Gasteiger partial charge in [0, 0.05) is 38.8 Å². The summed E-state index contributed by atoms with van der Waals surface area (Å²) in [6.07, 6.45) is 0. The van der Waals surface area contributed by atoms with Crippen LogP contribution in [0.25, 0.3) is 0 Å². The number of aromatic hydroxyl groups is 1. The Labute approximate surface area is 116 Å². The Hall–Kier alpha value is -1.06. The van der Waals surface area contributed by atoms with Crippen LogP contribution in [0.2, 0.25) is 0 Å². The van der Waals surface area contributed by atoms with E-state index < -0.39 is 0 Å². The predicted molar refractivity (Wildman–Crippen MR) is 79.4 cm³/mol. The van der Waals surface area contributed by atoms with E-state index in [-0.39, 0.29) is 0 Å². The number of phenolic OH excluding ortho intramolecular Hbond substituents is 1. The van der Waals surface area contributed by atoms with E-state index in [0.29, 0.717) is 11.8 Å². The van der Waals surface area contributed by atoms with E-state index in [4.69, 9.17) is 0 Å². The number of hydrogen-bond acceptors (Lipinski definition) is 3. The molecule has 1 atom stereocenters. The Morgan fingerprint density at radius 3 is 2.11 bits per heavy atom. The zero-order valence-corrected chi connectivity index (χ0v) is 12.3. The highest BCUT2D eigenvalue weighted by Crippen LogP contribution is 2.23. The van der Waals surface area contributed by atoms with E-state index in [2.05, 4.69) is 30.6 Å². The minimum Gasteiger partial charge on any atom is -0.508 e. The first kappa shape index (κ1) is 14.4. The van der Waals surface area contributed by atoms with Crippen molar-refractivity contribution in [3.63, 3.8) is 0 Å². The molecule has 1 unspecified atom stereocenters. The van der Waals surface area contributed by atoms with Gasteiger partial charge in [0.25, 0.3) is 0 Å². The van der Waals surface area contributed by atoms with Gasteiger partial charge >= 0.3 is 0 Å². The van der Waals surface area contributed by atoms with Gasteiger partial charge in [-0.1, -0.05) is 26.0 Å². The van der Waals surface area contributed by atoms with Gasteiger partial charge in [-0.15, -0.1) is 0 Å². The summed E-state index contributed by atoms with van der Waals surface area (Å²) >= 11 is 0. The number of nitrogens with zero attached hydrogens (tertiary/aromatic N) is 2. The highest BCUT2D eigenvalue weighted by atomic mass is 16.3. The van der Waals surface area contributed by atoms with Crippen LogP contribution in [-0.4, -0.2) is 47.6 Å². The summed E-state index contributed by atoms with van der Waals surface area (Å²) in [6.45, 7) is 12.6. The van der Waals surface area contributed by atoms with Crippen LogP contribution in [-0.2, 0) is 0 Å². The largest absolute Gasteiger partial charge is 0.508 e. The summed E-state index contributed by atoms with van der Waals surface area (Å²) in [7, 11) is 0. The molecule has 1 aliphatic rings. The van der Waals surface area contributed by atoms with Crippen molar-refractivity contribution < 1.29 is 5.11 Å². The third-order valence-electron chi connectivity index (χ3n) is 3.95. The maximum absolute atomic E-state index is 9.35. The molecule has 106 valence electrons. The standard InChI is InChI=1S/C16H26N2O/c1-13(2)12-17-8-10-18(11-9-17)14(3)15-4-6-16(19)7-5-15/h4-7,13-14,19H,8-12H2,1-3H3. The summed E-state index contributed by atoms with van der Waals surface area (Å²) in [5, 5.41) is 9.35. The zero-order valence-electron chi connectivity index (χ0n) is 12.3. The monoisotopic (exact) mass is 262 g/mol. The normalized spacial score (nSPS) is 19.8. The highest BCUT2D eigenvalue weighted by molar-refractivity contribution is 5.27. The first-order valence-electron chi connectivity index (χ1n) is 7.31. The first-order valence-corrected chi connectivity index (χ1v) is 7.31. The topological polar surface area (TPSA) is 26.7 Å². The summed E-state index contributed by atoms with van der Waals surface area (Å²) < 4.78 is 0.